The van der Waals surface area contributed by atoms with Gasteiger partial charge in [0.1, 0.15) is 30.5 Å². The van der Waals surface area contributed by atoms with E-state index in [1.54, 1.807) is 0 Å². The van der Waals surface area contributed by atoms with Crippen molar-refractivity contribution in [2.24, 2.45) is 0 Å². The zero-order valence-corrected chi connectivity index (χ0v) is 12.9. The first-order valence-electron chi connectivity index (χ1n) is 7.14. The fraction of sp³-hybridized carbons (Fsp3) is 1.00. The van der Waals surface area contributed by atoms with Gasteiger partial charge < -0.3 is 45.2 Å². The van der Waals surface area contributed by atoms with Crippen molar-refractivity contribution in [3.63, 3.8) is 0 Å². The van der Waals surface area contributed by atoms with E-state index in [-0.39, 0.29) is 6.42 Å². The van der Waals surface area contributed by atoms with Gasteiger partial charge in [0.2, 0.25) is 0 Å². The van der Waals surface area contributed by atoms with Crippen LogP contribution in [0.15, 0.2) is 0 Å². The van der Waals surface area contributed by atoms with Crippen molar-refractivity contribution in [2.45, 2.75) is 60.0 Å². The van der Waals surface area contributed by atoms with Gasteiger partial charge in [-0.15, -0.1) is 0 Å². The minimum absolute atomic E-state index is 0.186. The lowest BCUT2D eigenvalue weighted by Gasteiger charge is -2.43. The van der Waals surface area contributed by atoms with Gasteiger partial charge in [0, 0.05) is 0 Å². The zero-order valence-electron chi connectivity index (χ0n) is 12.1. The van der Waals surface area contributed by atoms with E-state index in [1.807, 2.05) is 0 Å². The smallest absolute Gasteiger partial charge is 0.181 e. The first kappa shape index (κ1) is 19.1. The van der Waals surface area contributed by atoms with Crippen LogP contribution >= 0.6 is 0 Å². The Morgan fingerprint density at radius 3 is 2.04 bits per heavy atom. The molecule has 23 heavy (non-hydrogen) atoms. The third kappa shape index (κ3) is 3.74. The molecule has 0 aliphatic carbocycles. The summed E-state index contributed by atoms with van der Waals surface area (Å²) in [7, 11) is -2.06. The lowest BCUT2D eigenvalue weighted by molar-refractivity contribution is -0.221. The predicted octanol–water partition coefficient (Wildman–Crippen LogP) is -4.64. The van der Waals surface area contributed by atoms with E-state index in [4.69, 9.17) is 14.6 Å². The Morgan fingerprint density at radius 2 is 1.48 bits per heavy atom. The number of aliphatic hydroxyl groups is 7. The minimum Gasteiger partial charge on any atom is -0.394 e. The molecule has 0 saturated carbocycles. The van der Waals surface area contributed by atoms with Crippen LogP contribution in [0.4, 0.5) is 0 Å². The third-order valence-corrected chi connectivity index (χ3v) is 6.03. The Morgan fingerprint density at radius 1 is 0.870 bits per heavy atom. The highest BCUT2D eigenvalue weighted by molar-refractivity contribution is 7.86. The van der Waals surface area contributed by atoms with Crippen molar-refractivity contribution in [1.29, 1.82) is 0 Å². The van der Waals surface area contributed by atoms with Crippen LogP contribution in [-0.2, 0) is 20.3 Å². The molecule has 2 aliphatic heterocycles. The van der Waals surface area contributed by atoms with Gasteiger partial charge in [-0.05, 0) is 6.42 Å². The van der Waals surface area contributed by atoms with Crippen molar-refractivity contribution in [3.05, 3.63) is 0 Å². The summed E-state index contributed by atoms with van der Waals surface area (Å²) in [5.41, 5.74) is -1.46. The van der Waals surface area contributed by atoms with Crippen LogP contribution in [0.1, 0.15) is 6.42 Å². The summed E-state index contributed by atoms with van der Waals surface area (Å²) >= 11 is 0. The SMILES string of the molecule is O=S([C@@H]1O[C@H](CO)[C@@H](O)[C@H](O)[C@H]1O)[C@H]1C[C@@H](O)C(O)O[C@@H]1CO. The molecule has 2 saturated heterocycles. The topological polar surface area (TPSA) is 177 Å². The van der Waals surface area contributed by atoms with Crippen LogP contribution in [0.3, 0.4) is 0 Å². The molecule has 11 heteroatoms. The fourth-order valence-corrected chi connectivity index (χ4v) is 4.57. The Bertz CT molecular complexity index is 421. The van der Waals surface area contributed by atoms with E-state index in [1.165, 1.54) is 0 Å². The number of hydrogen-bond donors (Lipinski definition) is 7. The summed E-state index contributed by atoms with van der Waals surface area (Å²) in [6, 6.07) is 0. The predicted molar refractivity (Wildman–Crippen MR) is 74.3 cm³/mol. The molecule has 0 aromatic carbocycles. The van der Waals surface area contributed by atoms with Gasteiger partial charge in [0.15, 0.2) is 11.7 Å². The maximum absolute atomic E-state index is 12.7. The molecule has 10 nitrogen and oxygen atoms in total. The molecule has 0 spiro atoms. The van der Waals surface area contributed by atoms with Gasteiger partial charge in [0.25, 0.3) is 0 Å². The van der Waals surface area contributed by atoms with Crippen LogP contribution in [0.2, 0.25) is 0 Å². The Kier molecular flexibility index (Phi) is 6.47. The second kappa shape index (κ2) is 7.78. The Hall–Kier alpha value is -0.210. The molecule has 2 heterocycles. The van der Waals surface area contributed by atoms with Crippen molar-refractivity contribution in [1.82, 2.24) is 0 Å². The third-order valence-electron chi connectivity index (χ3n) is 4.09. The van der Waals surface area contributed by atoms with Crippen LogP contribution in [0.25, 0.3) is 0 Å². The molecule has 136 valence electrons. The summed E-state index contributed by atoms with van der Waals surface area (Å²) in [5, 5.41) is 65.9. The summed E-state index contributed by atoms with van der Waals surface area (Å²) in [5.74, 6) is 0. The summed E-state index contributed by atoms with van der Waals surface area (Å²) in [6.07, 6.45) is -10.3. The highest BCUT2D eigenvalue weighted by Crippen LogP contribution is 2.30. The lowest BCUT2D eigenvalue weighted by atomic mass is 10.0. The largest absolute Gasteiger partial charge is 0.394 e. The van der Waals surface area contributed by atoms with E-state index < -0.39 is 77.6 Å². The number of hydrogen-bond acceptors (Lipinski definition) is 10. The first-order chi connectivity index (χ1) is 10.8. The number of rotatable bonds is 4. The highest BCUT2D eigenvalue weighted by atomic mass is 32.2. The van der Waals surface area contributed by atoms with Crippen molar-refractivity contribution in [3.8, 4) is 0 Å². The molecule has 0 aromatic rings. The quantitative estimate of drug-likeness (QED) is 0.258. The molecule has 7 N–H and O–H groups in total. The standard InChI is InChI=1S/C12H22O10S/c13-2-5-7(1-4(15)11(19)21-5)23(20)12-10(18)9(17)8(16)6(3-14)22-12/h4-19H,1-3H2/t4-,5-,6-,7+,8-,9+,10-,11?,12+,23?/m1/s1. The zero-order chi connectivity index (χ0) is 17.3. The summed E-state index contributed by atoms with van der Waals surface area (Å²) in [4.78, 5) is 0. The average molecular weight is 358 g/mol. The molecule has 0 radical (unpaired) electrons. The van der Waals surface area contributed by atoms with Crippen LogP contribution in [0.5, 0.6) is 0 Å². The van der Waals surface area contributed by atoms with Crippen molar-refractivity contribution >= 4 is 10.8 Å². The van der Waals surface area contributed by atoms with Gasteiger partial charge in [0.05, 0.1) is 35.4 Å². The van der Waals surface area contributed by atoms with Gasteiger partial charge in [-0.3, -0.25) is 4.21 Å². The monoisotopic (exact) mass is 358 g/mol. The van der Waals surface area contributed by atoms with Crippen LogP contribution < -0.4 is 0 Å². The highest BCUT2D eigenvalue weighted by Gasteiger charge is 2.50. The molecule has 2 unspecified atom stereocenters. The average Bonchev–Trinajstić information content (AvgIpc) is 2.54. The molecular weight excluding hydrogens is 336 g/mol. The number of ether oxygens (including phenoxy) is 2. The fourth-order valence-electron chi connectivity index (χ4n) is 2.70. The second-order valence-corrected chi connectivity index (χ2v) is 7.34. The van der Waals surface area contributed by atoms with Gasteiger partial charge in [-0.2, -0.15) is 0 Å². The summed E-state index contributed by atoms with van der Waals surface area (Å²) in [6.45, 7) is -1.25. The summed E-state index contributed by atoms with van der Waals surface area (Å²) < 4.78 is 22.8. The maximum Gasteiger partial charge on any atom is 0.181 e. The van der Waals surface area contributed by atoms with Gasteiger partial charge >= 0.3 is 0 Å². The molecule has 0 bridgehead atoms. The van der Waals surface area contributed by atoms with Gasteiger partial charge in [-0.1, -0.05) is 0 Å². The lowest BCUT2D eigenvalue weighted by Crippen LogP contribution is -2.62. The molecule has 2 aliphatic rings. The minimum atomic E-state index is -2.06. The Labute approximate surface area is 134 Å². The molecule has 10 atom stereocenters. The van der Waals surface area contributed by atoms with E-state index in [9.17, 15) is 34.8 Å². The molecule has 2 rings (SSSR count). The number of aliphatic hydroxyl groups excluding tert-OH is 7. The molecular formula is C12H22O10S. The Balaban J connectivity index is 2.17. The molecule has 0 amide bonds. The van der Waals surface area contributed by atoms with Gasteiger partial charge in [-0.25, -0.2) is 0 Å². The van der Waals surface area contributed by atoms with E-state index in [0.29, 0.717) is 0 Å². The first-order valence-corrected chi connectivity index (χ1v) is 8.41. The van der Waals surface area contributed by atoms with E-state index in [2.05, 4.69) is 0 Å². The van der Waals surface area contributed by atoms with Crippen LogP contribution in [-0.4, -0.2) is 107 Å². The van der Waals surface area contributed by atoms with Crippen LogP contribution in [0, 0.1) is 0 Å². The van der Waals surface area contributed by atoms with Crippen molar-refractivity contribution in [2.75, 3.05) is 13.2 Å². The molecule has 0 aromatic heterocycles. The van der Waals surface area contributed by atoms with Crippen molar-refractivity contribution < 1.29 is 49.4 Å². The van der Waals surface area contributed by atoms with E-state index in [0.717, 1.165) is 0 Å². The molecule has 2 fully saturated rings. The normalized spacial score (nSPS) is 49.8. The maximum atomic E-state index is 12.7. The second-order valence-electron chi connectivity index (χ2n) is 5.61. The van der Waals surface area contributed by atoms with E-state index >= 15 is 0 Å².